The first-order chi connectivity index (χ1) is 17.6. The molecule has 1 aliphatic rings. The third-order valence-corrected chi connectivity index (χ3v) is 6.59. The largest absolute Gasteiger partial charge is 0.478 e. The predicted molar refractivity (Wildman–Crippen MR) is 137 cm³/mol. The van der Waals surface area contributed by atoms with Crippen LogP contribution in [0.2, 0.25) is 0 Å². The van der Waals surface area contributed by atoms with E-state index in [-0.39, 0.29) is 18.1 Å². The molecular formula is C30H26N2O4. The second-order valence-electron chi connectivity index (χ2n) is 8.83. The average molecular weight is 479 g/mol. The number of carboxylic acids is 1. The van der Waals surface area contributed by atoms with Crippen LogP contribution in [0.3, 0.4) is 0 Å². The maximum atomic E-state index is 13.3. The molecular weight excluding hydrogens is 452 g/mol. The topological polar surface area (TPSA) is 79.7 Å². The Hall–Kier alpha value is -4.45. The number of aromatic carboxylic acids is 1. The van der Waals surface area contributed by atoms with Crippen LogP contribution in [0.25, 0.3) is 11.1 Å². The van der Waals surface area contributed by atoms with Gasteiger partial charge in [0.1, 0.15) is 6.61 Å². The van der Waals surface area contributed by atoms with Gasteiger partial charge >= 0.3 is 12.1 Å². The number of hydrogen-bond donors (Lipinski definition) is 1. The van der Waals surface area contributed by atoms with E-state index in [0.29, 0.717) is 19.5 Å². The molecule has 0 radical (unpaired) electrons. The first-order valence-corrected chi connectivity index (χ1v) is 11.9. The molecule has 0 bridgehead atoms. The molecule has 1 aliphatic carbocycles. The molecule has 6 heteroatoms. The molecule has 1 amide bonds. The Balaban J connectivity index is 1.32. The second kappa shape index (κ2) is 10.4. The van der Waals surface area contributed by atoms with Crippen molar-refractivity contribution in [3.05, 3.63) is 125 Å². The quantitative estimate of drug-likeness (QED) is 0.348. The minimum absolute atomic E-state index is 0.0155. The molecule has 5 rings (SSSR count). The van der Waals surface area contributed by atoms with Crippen molar-refractivity contribution in [3.8, 4) is 11.1 Å². The fourth-order valence-electron chi connectivity index (χ4n) is 4.71. The van der Waals surface area contributed by atoms with E-state index in [4.69, 9.17) is 4.74 Å². The summed E-state index contributed by atoms with van der Waals surface area (Å²) in [6.45, 7) is 1.03. The molecule has 3 aromatic carbocycles. The SMILES string of the molecule is O=C(O)c1ccc(CN(CCc2ccncc2)C(=O)OCC2c3ccccc3-c3ccccc32)cc1. The van der Waals surface area contributed by atoms with E-state index in [1.54, 1.807) is 41.6 Å². The van der Waals surface area contributed by atoms with E-state index in [1.807, 2.05) is 36.4 Å². The molecule has 0 aliphatic heterocycles. The number of carboxylic acid groups (broad SMARTS) is 1. The van der Waals surface area contributed by atoms with Gasteiger partial charge in [-0.15, -0.1) is 0 Å². The summed E-state index contributed by atoms with van der Waals surface area (Å²) in [7, 11) is 0. The number of fused-ring (bicyclic) bond motifs is 3. The van der Waals surface area contributed by atoms with Crippen LogP contribution < -0.4 is 0 Å². The van der Waals surface area contributed by atoms with E-state index in [0.717, 1.165) is 11.1 Å². The predicted octanol–water partition coefficient (Wildman–Crippen LogP) is 5.77. The van der Waals surface area contributed by atoms with Gasteiger partial charge < -0.3 is 14.7 Å². The van der Waals surface area contributed by atoms with Crippen LogP contribution in [0.1, 0.15) is 38.5 Å². The number of amides is 1. The molecule has 0 unspecified atom stereocenters. The Bertz CT molecular complexity index is 1320. The van der Waals surface area contributed by atoms with Crippen molar-refractivity contribution in [1.29, 1.82) is 0 Å². The maximum absolute atomic E-state index is 13.3. The molecule has 0 atom stereocenters. The zero-order valence-corrected chi connectivity index (χ0v) is 19.7. The van der Waals surface area contributed by atoms with E-state index in [9.17, 15) is 14.7 Å². The first-order valence-electron chi connectivity index (χ1n) is 11.9. The highest BCUT2D eigenvalue weighted by atomic mass is 16.6. The van der Waals surface area contributed by atoms with Gasteiger partial charge in [0.2, 0.25) is 0 Å². The lowest BCUT2D eigenvalue weighted by Crippen LogP contribution is -2.34. The highest BCUT2D eigenvalue weighted by Crippen LogP contribution is 2.44. The van der Waals surface area contributed by atoms with Crippen LogP contribution in [-0.2, 0) is 17.7 Å². The van der Waals surface area contributed by atoms with E-state index < -0.39 is 12.1 Å². The zero-order valence-electron chi connectivity index (χ0n) is 19.7. The van der Waals surface area contributed by atoms with Gasteiger partial charge in [-0.2, -0.15) is 0 Å². The number of aromatic nitrogens is 1. The van der Waals surface area contributed by atoms with Gasteiger partial charge in [0, 0.05) is 31.4 Å². The molecule has 0 saturated heterocycles. The van der Waals surface area contributed by atoms with Crippen LogP contribution in [0.15, 0.2) is 97.3 Å². The van der Waals surface area contributed by atoms with Crippen LogP contribution in [0, 0.1) is 0 Å². The molecule has 0 spiro atoms. The van der Waals surface area contributed by atoms with Gasteiger partial charge in [-0.3, -0.25) is 4.98 Å². The fraction of sp³-hybridized carbons (Fsp3) is 0.167. The van der Waals surface area contributed by atoms with Crippen LogP contribution in [0.5, 0.6) is 0 Å². The van der Waals surface area contributed by atoms with Crippen LogP contribution >= 0.6 is 0 Å². The average Bonchev–Trinajstić information content (AvgIpc) is 3.24. The zero-order chi connectivity index (χ0) is 24.9. The Morgan fingerprint density at radius 2 is 1.42 bits per heavy atom. The number of benzene rings is 3. The molecule has 6 nitrogen and oxygen atoms in total. The minimum Gasteiger partial charge on any atom is -0.478 e. The van der Waals surface area contributed by atoms with Crippen LogP contribution in [-0.4, -0.2) is 40.2 Å². The maximum Gasteiger partial charge on any atom is 0.410 e. The number of nitrogens with zero attached hydrogens (tertiary/aromatic N) is 2. The van der Waals surface area contributed by atoms with Crippen LogP contribution in [0.4, 0.5) is 4.79 Å². The lowest BCUT2D eigenvalue weighted by atomic mass is 9.98. The van der Waals surface area contributed by atoms with Crippen molar-refractivity contribution in [1.82, 2.24) is 9.88 Å². The Labute approximate surface area is 209 Å². The molecule has 180 valence electrons. The van der Waals surface area contributed by atoms with Crippen molar-refractivity contribution in [2.45, 2.75) is 18.9 Å². The smallest absolute Gasteiger partial charge is 0.410 e. The summed E-state index contributed by atoms with van der Waals surface area (Å²) in [5.41, 5.74) is 6.82. The van der Waals surface area contributed by atoms with Crippen molar-refractivity contribution in [2.24, 2.45) is 0 Å². The summed E-state index contributed by atoms with van der Waals surface area (Å²) in [6.07, 6.45) is 3.73. The second-order valence-corrected chi connectivity index (χ2v) is 8.83. The van der Waals surface area contributed by atoms with Crippen molar-refractivity contribution < 1.29 is 19.4 Å². The highest BCUT2D eigenvalue weighted by molar-refractivity contribution is 5.87. The summed E-state index contributed by atoms with van der Waals surface area (Å²) in [5, 5.41) is 9.18. The standard InChI is InChI=1S/C30H26N2O4/c33-29(34)23-11-9-22(10-12-23)19-32(18-15-21-13-16-31-17-14-21)30(35)36-20-28-26-7-3-1-5-24(26)25-6-2-4-8-27(25)28/h1-14,16-17,28H,15,18-20H2,(H,33,34). The fourth-order valence-corrected chi connectivity index (χ4v) is 4.71. The summed E-state index contributed by atoms with van der Waals surface area (Å²) in [4.78, 5) is 30.2. The number of carbonyl (C=O) groups excluding carboxylic acids is 1. The monoisotopic (exact) mass is 478 g/mol. The molecule has 1 N–H and O–H groups in total. The molecule has 36 heavy (non-hydrogen) atoms. The minimum atomic E-state index is -0.979. The molecule has 1 heterocycles. The van der Waals surface area contributed by atoms with E-state index >= 15 is 0 Å². The Morgan fingerprint density at radius 3 is 2.03 bits per heavy atom. The first kappa shape index (κ1) is 23.3. The van der Waals surface area contributed by atoms with Crippen molar-refractivity contribution >= 4 is 12.1 Å². The number of carbonyl (C=O) groups is 2. The third kappa shape index (κ3) is 4.98. The van der Waals surface area contributed by atoms with Gasteiger partial charge in [0.25, 0.3) is 0 Å². The van der Waals surface area contributed by atoms with Gasteiger partial charge in [0.05, 0.1) is 5.56 Å². The van der Waals surface area contributed by atoms with E-state index in [2.05, 4.69) is 29.2 Å². The third-order valence-electron chi connectivity index (χ3n) is 6.59. The van der Waals surface area contributed by atoms with Gasteiger partial charge in [-0.25, -0.2) is 9.59 Å². The lowest BCUT2D eigenvalue weighted by Gasteiger charge is -2.24. The summed E-state index contributed by atoms with van der Waals surface area (Å²) in [5.74, 6) is -0.995. The Morgan fingerprint density at radius 1 is 0.806 bits per heavy atom. The number of hydrogen-bond acceptors (Lipinski definition) is 4. The van der Waals surface area contributed by atoms with Gasteiger partial charge in [0.15, 0.2) is 0 Å². The molecule has 4 aromatic rings. The number of rotatable bonds is 8. The molecule has 1 aromatic heterocycles. The summed E-state index contributed by atoms with van der Waals surface area (Å²) >= 11 is 0. The highest BCUT2D eigenvalue weighted by Gasteiger charge is 2.29. The lowest BCUT2D eigenvalue weighted by molar-refractivity contribution is 0.0696. The Kier molecular flexibility index (Phi) is 6.76. The van der Waals surface area contributed by atoms with Gasteiger partial charge in [-0.05, 0) is 64.1 Å². The van der Waals surface area contributed by atoms with Crippen molar-refractivity contribution in [2.75, 3.05) is 13.2 Å². The number of pyridine rings is 1. The van der Waals surface area contributed by atoms with Gasteiger partial charge in [-0.1, -0.05) is 60.7 Å². The van der Waals surface area contributed by atoms with Crippen molar-refractivity contribution in [3.63, 3.8) is 0 Å². The normalized spacial score (nSPS) is 12.0. The van der Waals surface area contributed by atoms with E-state index in [1.165, 1.54) is 22.3 Å². The molecule has 0 fully saturated rings. The summed E-state index contributed by atoms with van der Waals surface area (Å²) < 4.78 is 5.90. The summed E-state index contributed by atoms with van der Waals surface area (Å²) in [6, 6.07) is 26.9. The molecule has 0 saturated carbocycles. The number of ether oxygens (including phenoxy) is 1.